The van der Waals surface area contributed by atoms with Crippen LogP contribution in [-0.2, 0) is 70.4 Å². The van der Waals surface area contributed by atoms with Gasteiger partial charge in [-0.3, -0.25) is 52.7 Å². The van der Waals surface area contributed by atoms with E-state index in [2.05, 4.69) is 37.2 Å². The molecule has 2 aromatic carbocycles. The molecule has 0 spiro atoms. The van der Waals surface area contributed by atoms with E-state index in [0.29, 0.717) is 11.1 Å². The van der Waals surface area contributed by atoms with Gasteiger partial charge in [0.2, 0.25) is 65.0 Å². The highest BCUT2D eigenvalue weighted by Gasteiger charge is 2.41. The lowest BCUT2D eigenvalue weighted by molar-refractivity contribution is -0.146. The van der Waals surface area contributed by atoms with Crippen LogP contribution in [0.5, 0.6) is 11.5 Å². The molecule has 0 aliphatic carbocycles. The number of benzene rings is 2. The molecule has 11 amide bonds. The molecule has 10 atom stereocenters. The zero-order valence-electron chi connectivity index (χ0n) is 43.8. The number of likely N-dealkylation sites (tertiary alicyclic amines) is 1. The summed E-state index contributed by atoms with van der Waals surface area (Å²) in [4.78, 5) is 159. The fourth-order valence-corrected chi connectivity index (χ4v) is 8.22. The van der Waals surface area contributed by atoms with Crippen molar-refractivity contribution in [2.75, 3.05) is 13.2 Å². The molecule has 20 N–H and O–H groups in total. The number of nitrogens with two attached hydrogens (primary N) is 4. The number of phenols is 2. The number of primary amides is 3. The molecule has 1 saturated heterocycles. The van der Waals surface area contributed by atoms with Gasteiger partial charge in [-0.25, -0.2) is 4.79 Å². The number of aliphatic carboxylic acids is 1. The molecule has 29 heteroatoms. The number of nitrogens with zero attached hydrogens (tertiary/aromatic N) is 1. The average Bonchev–Trinajstić information content (AvgIpc) is 3.90. The van der Waals surface area contributed by atoms with Gasteiger partial charge in [0.1, 0.15) is 53.8 Å². The second kappa shape index (κ2) is 31.1. The number of carbonyl (C=O) groups is 12. The predicted molar refractivity (Wildman–Crippen MR) is 276 cm³/mol. The normalized spacial score (nSPS) is 16.4. The fraction of sp³-hybridized carbons (Fsp3) is 0.520. The molecule has 1 fully saturated rings. The predicted octanol–water partition coefficient (Wildman–Crippen LogP) is -5.49. The van der Waals surface area contributed by atoms with Gasteiger partial charge in [0.25, 0.3) is 0 Å². The number of aromatic hydroxyl groups is 2. The molecule has 1 aliphatic rings. The highest BCUT2D eigenvalue weighted by Crippen LogP contribution is 2.22. The minimum absolute atomic E-state index is 0.0265. The van der Waals surface area contributed by atoms with Crippen LogP contribution in [0.2, 0.25) is 0 Å². The van der Waals surface area contributed by atoms with Crippen LogP contribution in [0.1, 0.15) is 83.3 Å². The molecule has 434 valence electrons. The molecule has 29 nitrogen and oxygen atoms in total. The summed E-state index contributed by atoms with van der Waals surface area (Å²) in [6.45, 7) is 3.46. The van der Waals surface area contributed by atoms with E-state index in [4.69, 9.17) is 22.9 Å². The van der Waals surface area contributed by atoms with Gasteiger partial charge in [-0.15, -0.1) is 0 Å². The molecule has 1 aliphatic heterocycles. The zero-order valence-corrected chi connectivity index (χ0v) is 43.8. The SMILES string of the molecule is CC(C)C[C@H](NC(=O)[C@@H]1CCCN1C(=O)[C@H](Cc1ccc(O)cc1)NC(=O)[C@H](CO)NC(=O)[C@H](CC(N)=O)NC(=O)[C@H](Cc1ccc(O)cc1)NC(=O)[C@H](CCC(N)=O)NC(=O)[C@@H](N)CCC(N)=O)C(=O)N[C@H](C(=O)O)[C@@H](C)O. The second-order valence-corrected chi connectivity index (χ2v) is 19.5. The number of rotatable bonds is 32. The van der Waals surface area contributed by atoms with Crippen molar-refractivity contribution in [3.05, 3.63) is 59.7 Å². The number of aliphatic hydroxyl groups is 2. The van der Waals surface area contributed by atoms with Crippen LogP contribution in [0, 0.1) is 5.92 Å². The van der Waals surface area contributed by atoms with Crippen LogP contribution >= 0.6 is 0 Å². The molecular formula is C50H72N12O17. The lowest BCUT2D eigenvalue weighted by atomic mass is 10.0. The highest BCUT2D eigenvalue weighted by atomic mass is 16.4. The molecule has 3 rings (SSSR count). The number of carboxylic acid groups (broad SMARTS) is 1. The fourth-order valence-electron chi connectivity index (χ4n) is 8.22. The molecule has 1 heterocycles. The Labute approximate surface area is 453 Å². The number of carboxylic acids is 1. The summed E-state index contributed by atoms with van der Waals surface area (Å²) in [5.74, 6) is -13.0. The number of amides is 11. The van der Waals surface area contributed by atoms with Crippen LogP contribution in [0.25, 0.3) is 0 Å². The van der Waals surface area contributed by atoms with E-state index in [-0.39, 0.29) is 68.9 Å². The summed E-state index contributed by atoms with van der Waals surface area (Å²) in [7, 11) is 0. The van der Waals surface area contributed by atoms with Gasteiger partial charge in [0.05, 0.1) is 25.2 Å². The van der Waals surface area contributed by atoms with Crippen LogP contribution in [0.15, 0.2) is 48.5 Å². The average molecular weight is 1110 g/mol. The first-order valence-electron chi connectivity index (χ1n) is 25.2. The minimum Gasteiger partial charge on any atom is -0.508 e. The van der Waals surface area contributed by atoms with Gasteiger partial charge in [0, 0.05) is 32.2 Å². The third kappa shape index (κ3) is 21.5. The number of carbonyl (C=O) groups excluding carboxylic acids is 11. The largest absolute Gasteiger partial charge is 0.508 e. The van der Waals surface area contributed by atoms with E-state index in [0.717, 1.165) is 11.8 Å². The molecule has 79 heavy (non-hydrogen) atoms. The van der Waals surface area contributed by atoms with Gasteiger partial charge in [-0.2, -0.15) is 0 Å². The number of nitrogens with one attached hydrogen (secondary N) is 7. The first kappa shape index (κ1) is 64.8. The maximum Gasteiger partial charge on any atom is 0.328 e. The molecule has 0 aromatic heterocycles. The lowest BCUT2D eigenvalue weighted by Gasteiger charge is -2.31. The number of hydrogen-bond donors (Lipinski definition) is 16. The maximum absolute atomic E-state index is 14.5. The van der Waals surface area contributed by atoms with Crippen molar-refractivity contribution in [1.82, 2.24) is 42.1 Å². The van der Waals surface area contributed by atoms with E-state index in [1.54, 1.807) is 13.8 Å². The highest BCUT2D eigenvalue weighted by molar-refractivity contribution is 5.99. The summed E-state index contributed by atoms with van der Waals surface area (Å²) < 4.78 is 0. The van der Waals surface area contributed by atoms with Gasteiger partial charge < -0.3 is 90.6 Å². The van der Waals surface area contributed by atoms with Gasteiger partial charge in [-0.05, 0) is 80.3 Å². The van der Waals surface area contributed by atoms with Crippen LogP contribution in [-0.4, -0.2) is 175 Å². The van der Waals surface area contributed by atoms with E-state index >= 15 is 0 Å². The van der Waals surface area contributed by atoms with Gasteiger partial charge in [0.15, 0.2) is 6.04 Å². The third-order valence-electron chi connectivity index (χ3n) is 12.4. The van der Waals surface area contributed by atoms with Gasteiger partial charge >= 0.3 is 5.97 Å². The molecule has 2 aromatic rings. The summed E-state index contributed by atoms with van der Waals surface area (Å²) in [6, 6.07) is -3.48. The van der Waals surface area contributed by atoms with Crippen molar-refractivity contribution in [2.24, 2.45) is 28.9 Å². The van der Waals surface area contributed by atoms with E-state index in [9.17, 15) is 83.1 Å². The monoisotopic (exact) mass is 1110 g/mol. The number of hydrogen-bond acceptors (Lipinski definition) is 17. The quantitative estimate of drug-likeness (QED) is 0.0325. The Morgan fingerprint density at radius 3 is 1.54 bits per heavy atom. The first-order chi connectivity index (χ1) is 37.1. The Kier molecular flexibility index (Phi) is 25.5. The van der Waals surface area contributed by atoms with Crippen molar-refractivity contribution in [2.45, 2.75) is 145 Å². The van der Waals surface area contributed by atoms with Gasteiger partial charge in [-0.1, -0.05) is 38.1 Å². The zero-order chi connectivity index (χ0) is 59.3. The Balaban J connectivity index is 1.92. The maximum atomic E-state index is 14.5. The Bertz CT molecular complexity index is 2510. The topological polar surface area (TPSA) is 498 Å². The van der Waals surface area contributed by atoms with E-state index < -0.39 is 157 Å². The van der Waals surface area contributed by atoms with Crippen molar-refractivity contribution >= 4 is 70.9 Å². The molecule has 0 saturated carbocycles. The second-order valence-electron chi connectivity index (χ2n) is 19.5. The summed E-state index contributed by atoms with van der Waals surface area (Å²) in [5, 5.41) is 66.4. The smallest absolute Gasteiger partial charge is 0.328 e. The Morgan fingerprint density at radius 2 is 1.04 bits per heavy atom. The molecular weight excluding hydrogens is 1040 g/mol. The summed E-state index contributed by atoms with van der Waals surface area (Å²) >= 11 is 0. The lowest BCUT2D eigenvalue weighted by Crippen LogP contribution is -2.61. The minimum atomic E-state index is -1.93. The van der Waals surface area contributed by atoms with E-state index in [1.807, 2.05) is 0 Å². The summed E-state index contributed by atoms with van der Waals surface area (Å²) in [5.41, 5.74) is 22.5. The molecule has 0 radical (unpaired) electrons. The molecule has 0 bridgehead atoms. The number of aliphatic hydroxyl groups excluding tert-OH is 2. The standard InChI is InChI=1S/C50H72N12O17/c1-24(2)19-32(46(74)61-41(25(3)64)50(78)79)58-48(76)37-5-4-18-62(37)49(77)35(21-27-8-12-29(66)13-9-27)59-47(75)36(23-63)60-45(73)34(22-40(54)69)57-44(72)33(20-26-6-10-28(65)11-7-26)56-43(71)31(15-17-39(53)68)55-42(70)30(51)14-16-38(52)67/h6-13,24-25,30-37,41,63-66H,4-5,14-23,51H2,1-3H3,(H2,52,67)(H2,53,68)(H2,54,69)(H,55,70)(H,56,71)(H,57,72)(H,58,76)(H,59,75)(H,60,73)(H,61,74)(H,78,79)/t25-,30+,31+,32+,33+,34+,35+,36+,37+,41+/m1/s1. The number of phenolic OH excluding ortho intramolecular Hbond substituents is 2. The van der Waals surface area contributed by atoms with Crippen LogP contribution in [0.4, 0.5) is 0 Å². The molecule has 0 unspecified atom stereocenters. The Hall–Kier alpha value is -8.44. The first-order valence-corrected chi connectivity index (χ1v) is 25.2. The van der Waals surface area contributed by atoms with Crippen molar-refractivity contribution in [1.29, 1.82) is 0 Å². The van der Waals surface area contributed by atoms with Crippen molar-refractivity contribution < 1.29 is 83.1 Å². The van der Waals surface area contributed by atoms with Crippen LogP contribution < -0.4 is 60.2 Å². The van der Waals surface area contributed by atoms with Crippen molar-refractivity contribution in [3.63, 3.8) is 0 Å². The van der Waals surface area contributed by atoms with Crippen molar-refractivity contribution in [3.8, 4) is 11.5 Å². The summed E-state index contributed by atoms with van der Waals surface area (Å²) in [6.07, 6.45) is -4.06. The van der Waals surface area contributed by atoms with Crippen LogP contribution in [0.3, 0.4) is 0 Å². The third-order valence-corrected chi connectivity index (χ3v) is 12.4. The Morgan fingerprint density at radius 1 is 0.582 bits per heavy atom. The van der Waals surface area contributed by atoms with E-state index in [1.165, 1.54) is 48.5 Å².